The Labute approximate surface area is 185 Å². The van der Waals surface area contributed by atoms with Crippen molar-refractivity contribution in [2.75, 3.05) is 0 Å². The highest BCUT2D eigenvalue weighted by molar-refractivity contribution is 5.88. The van der Waals surface area contributed by atoms with Crippen molar-refractivity contribution in [2.24, 2.45) is 0 Å². The van der Waals surface area contributed by atoms with E-state index in [1.165, 1.54) is 4.57 Å². The van der Waals surface area contributed by atoms with Gasteiger partial charge in [-0.25, -0.2) is 9.59 Å². The van der Waals surface area contributed by atoms with Gasteiger partial charge in [-0.2, -0.15) is 5.26 Å². The Morgan fingerprint density at radius 1 is 1.19 bits per heavy atom. The fourth-order valence-corrected chi connectivity index (χ4v) is 4.78. The quantitative estimate of drug-likeness (QED) is 0.458. The van der Waals surface area contributed by atoms with E-state index in [1.807, 2.05) is 33.9 Å². The Morgan fingerprint density at radius 3 is 2.59 bits per heavy atom. The van der Waals surface area contributed by atoms with Crippen molar-refractivity contribution < 1.29 is 9.90 Å². The number of fused-ring (bicyclic) bond motifs is 2. The van der Waals surface area contributed by atoms with Gasteiger partial charge in [0.05, 0.1) is 28.7 Å². The van der Waals surface area contributed by atoms with Crippen LogP contribution in [0.1, 0.15) is 61.0 Å². The Morgan fingerprint density at radius 2 is 1.94 bits per heavy atom. The van der Waals surface area contributed by atoms with Crippen LogP contribution in [-0.2, 0) is 4.79 Å². The van der Waals surface area contributed by atoms with Crippen molar-refractivity contribution in [3.63, 3.8) is 0 Å². The summed E-state index contributed by atoms with van der Waals surface area (Å²) in [5, 5.41) is 20.3. The first-order valence-electron chi connectivity index (χ1n) is 10.8. The summed E-state index contributed by atoms with van der Waals surface area (Å²) in [4.78, 5) is 29.1. The smallest absolute Gasteiger partial charge is 0.330 e. The summed E-state index contributed by atoms with van der Waals surface area (Å²) in [5.74, 6) is -1.05. The Balaban J connectivity index is 2.02. The van der Waals surface area contributed by atoms with E-state index in [1.54, 1.807) is 22.8 Å². The average Bonchev–Trinajstić information content (AvgIpc) is 3.29. The van der Waals surface area contributed by atoms with Gasteiger partial charge in [0.15, 0.2) is 0 Å². The molecule has 0 aliphatic carbocycles. The van der Waals surface area contributed by atoms with E-state index < -0.39 is 12.0 Å². The van der Waals surface area contributed by atoms with Crippen molar-refractivity contribution in [1.82, 2.24) is 14.1 Å². The van der Waals surface area contributed by atoms with Crippen LogP contribution in [0.5, 0.6) is 0 Å². The maximum Gasteiger partial charge on any atom is 0.330 e. The second-order valence-corrected chi connectivity index (χ2v) is 8.40. The van der Waals surface area contributed by atoms with Crippen LogP contribution in [0, 0.1) is 25.2 Å². The first-order chi connectivity index (χ1) is 15.3. The van der Waals surface area contributed by atoms with Crippen molar-refractivity contribution in [3.8, 4) is 6.07 Å². The minimum absolute atomic E-state index is 0.324. The van der Waals surface area contributed by atoms with Gasteiger partial charge in [-0.05, 0) is 62.6 Å². The molecule has 0 aliphatic rings. The fourth-order valence-electron chi connectivity index (χ4n) is 4.78. The first-order valence-corrected chi connectivity index (χ1v) is 10.8. The molecule has 0 amide bonds. The summed E-state index contributed by atoms with van der Waals surface area (Å²) in [6.07, 6.45) is 2.86. The fraction of sp³-hybridized carbons (Fsp3) is 0.320. The van der Waals surface area contributed by atoms with Gasteiger partial charge in [0.25, 0.3) is 0 Å². The van der Waals surface area contributed by atoms with Crippen LogP contribution in [0.4, 0.5) is 0 Å². The van der Waals surface area contributed by atoms with Crippen LogP contribution >= 0.6 is 0 Å². The molecule has 0 fully saturated rings. The predicted octanol–water partition coefficient (Wildman–Crippen LogP) is 4.81. The molecule has 2 unspecified atom stereocenters. The Hall–Kier alpha value is -3.79. The molecule has 164 valence electrons. The number of carbonyl (C=O) groups is 1. The number of hydrogen-bond donors (Lipinski definition) is 2. The molecule has 2 aromatic carbocycles. The van der Waals surface area contributed by atoms with Crippen LogP contribution in [0.25, 0.3) is 21.9 Å². The number of H-pyrrole nitrogens is 1. The topological polar surface area (TPSA) is 104 Å². The van der Waals surface area contributed by atoms with Crippen LogP contribution in [0.3, 0.4) is 0 Å². The number of imidazole rings is 1. The monoisotopic (exact) mass is 430 g/mol. The number of aromatic amines is 1. The van der Waals surface area contributed by atoms with Gasteiger partial charge >= 0.3 is 11.7 Å². The van der Waals surface area contributed by atoms with Crippen molar-refractivity contribution >= 4 is 27.9 Å². The summed E-state index contributed by atoms with van der Waals surface area (Å²) in [5.41, 5.74) is 5.31. The van der Waals surface area contributed by atoms with E-state index in [4.69, 9.17) is 0 Å². The predicted molar refractivity (Wildman–Crippen MR) is 124 cm³/mol. The second kappa shape index (κ2) is 8.04. The van der Waals surface area contributed by atoms with E-state index in [9.17, 15) is 20.0 Å². The number of benzene rings is 2. The van der Waals surface area contributed by atoms with E-state index in [0.29, 0.717) is 29.4 Å². The zero-order chi connectivity index (χ0) is 23.2. The van der Waals surface area contributed by atoms with E-state index >= 15 is 0 Å². The van der Waals surface area contributed by atoms with Crippen LogP contribution < -0.4 is 5.69 Å². The van der Waals surface area contributed by atoms with Gasteiger partial charge in [0.1, 0.15) is 6.04 Å². The Kier molecular flexibility index (Phi) is 5.39. The molecule has 2 N–H and O–H groups in total. The molecule has 0 aliphatic heterocycles. The largest absolute Gasteiger partial charge is 0.480 e. The highest BCUT2D eigenvalue weighted by Crippen LogP contribution is 2.32. The van der Waals surface area contributed by atoms with Crippen molar-refractivity contribution in [2.45, 2.75) is 52.6 Å². The molecule has 0 spiro atoms. The molecule has 0 saturated carbocycles. The molecule has 2 aromatic heterocycles. The molecule has 0 bridgehead atoms. The van der Waals surface area contributed by atoms with Crippen molar-refractivity contribution in [3.05, 3.63) is 69.3 Å². The molecule has 4 aromatic rings. The minimum atomic E-state index is -1.05. The minimum Gasteiger partial charge on any atom is -0.480 e. The van der Waals surface area contributed by atoms with Crippen LogP contribution in [0.15, 0.2) is 41.3 Å². The number of carboxylic acid groups (broad SMARTS) is 1. The summed E-state index contributed by atoms with van der Waals surface area (Å²) in [6.45, 7) is 7.93. The molecule has 2 heterocycles. The normalized spacial score (nSPS) is 13.3. The number of nitriles is 1. The molecule has 7 heteroatoms. The number of nitrogens with zero attached hydrogens (tertiary/aromatic N) is 3. The number of nitrogens with one attached hydrogen (secondary N) is 1. The molecule has 2 atom stereocenters. The molecular formula is C25H26N4O3. The zero-order valence-electron chi connectivity index (χ0n) is 18.6. The highest BCUT2D eigenvalue weighted by atomic mass is 16.4. The lowest BCUT2D eigenvalue weighted by molar-refractivity contribution is -0.141. The maximum absolute atomic E-state index is 13.7. The molecule has 4 rings (SSSR count). The van der Waals surface area contributed by atoms with E-state index in [2.05, 4.69) is 23.2 Å². The SMILES string of the molecule is CCCC(C(=O)O)n1c(=O)n(C(C)c2c[nH]c3cc(C)cc(C)c23)c2ccc(C#N)cc21. The number of aromatic nitrogens is 3. The third kappa shape index (κ3) is 3.28. The third-order valence-electron chi connectivity index (χ3n) is 6.18. The Bertz CT molecular complexity index is 1450. The van der Waals surface area contributed by atoms with Crippen LogP contribution in [0.2, 0.25) is 0 Å². The lowest BCUT2D eigenvalue weighted by Crippen LogP contribution is -2.32. The zero-order valence-corrected chi connectivity index (χ0v) is 18.6. The second-order valence-electron chi connectivity index (χ2n) is 8.40. The van der Waals surface area contributed by atoms with E-state index in [0.717, 1.165) is 27.6 Å². The maximum atomic E-state index is 13.7. The number of carboxylic acids is 1. The van der Waals surface area contributed by atoms with E-state index in [-0.39, 0.29) is 11.7 Å². The van der Waals surface area contributed by atoms with Gasteiger partial charge in [0, 0.05) is 22.7 Å². The molecule has 0 saturated heterocycles. The van der Waals surface area contributed by atoms with Gasteiger partial charge < -0.3 is 10.1 Å². The van der Waals surface area contributed by atoms with Gasteiger partial charge in [0.2, 0.25) is 0 Å². The molecule has 32 heavy (non-hydrogen) atoms. The van der Waals surface area contributed by atoms with Gasteiger partial charge in [-0.1, -0.05) is 19.4 Å². The summed E-state index contributed by atoms with van der Waals surface area (Å²) in [7, 11) is 0. The number of rotatable bonds is 6. The summed E-state index contributed by atoms with van der Waals surface area (Å²) in [6, 6.07) is 9.94. The summed E-state index contributed by atoms with van der Waals surface area (Å²) < 4.78 is 2.98. The van der Waals surface area contributed by atoms with Gasteiger partial charge in [-0.15, -0.1) is 0 Å². The molecular weight excluding hydrogens is 404 g/mol. The van der Waals surface area contributed by atoms with Crippen LogP contribution in [-0.4, -0.2) is 25.2 Å². The highest BCUT2D eigenvalue weighted by Gasteiger charge is 2.28. The third-order valence-corrected chi connectivity index (χ3v) is 6.18. The molecule has 7 nitrogen and oxygen atoms in total. The lowest BCUT2D eigenvalue weighted by atomic mass is 10.0. The first kappa shape index (κ1) is 21.4. The average molecular weight is 431 g/mol. The standard InChI is InChI=1S/C25H26N4O3/c1-5-6-21(24(30)31)29-22-11-17(12-26)7-8-20(22)28(25(29)32)16(4)18-13-27-19-10-14(2)9-15(3)23(18)19/h7-11,13,16,21,27H,5-6H2,1-4H3,(H,30,31). The number of aryl methyl sites for hydroxylation is 2. The number of aliphatic carboxylic acids is 1. The molecule has 0 radical (unpaired) electrons. The van der Waals surface area contributed by atoms with Crippen molar-refractivity contribution in [1.29, 1.82) is 5.26 Å². The number of hydrogen-bond acceptors (Lipinski definition) is 3. The van der Waals surface area contributed by atoms with Gasteiger partial charge in [-0.3, -0.25) is 9.13 Å². The summed E-state index contributed by atoms with van der Waals surface area (Å²) >= 11 is 0. The lowest BCUT2D eigenvalue weighted by Gasteiger charge is -2.15.